The summed E-state index contributed by atoms with van der Waals surface area (Å²) in [7, 11) is 1.63. The molecular weight excluding hydrogens is 270 g/mol. The third-order valence-corrected chi connectivity index (χ3v) is 3.65. The third kappa shape index (κ3) is 3.26. The van der Waals surface area contributed by atoms with Gasteiger partial charge in [-0.15, -0.1) is 0 Å². The molecule has 1 fully saturated rings. The summed E-state index contributed by atoms with van der Waals surface area (Å²) < 4.78 is 6.82. The van der Waals surface area contributed by atoms with E-state index in [0.29, 0.717) is 24.6 Å². The Kier molecular flexibility index (Phi) is 4.79. The van der Waals surface area contributed by atoms with Gasteiger partial charge in [-0.1, -0.05) is 11.6 Å². The van der Waals surface area contributed by atoms with Crippen molar-refractivity contribution in [3.05, 3.63) is 16.9 Å². The molecule has 1 aromatic heterocycles. The molecule has 6 nitrogen and oxygen atoms in total. The second kappa shape index (κ2) is 6.36. The van der Waals surface area contributed by atoms with Crippen molar-refractivity contribution in [1.29, 1.82) is 0 Å². The van der Waals surface area contributed by atoms with E-state index < -0.39 is 12.0 Å². The van der Waals surface area contributed by atoms with Crippen LogP contribution in [0.25, 0.3) is 0 Å². The van der Waals surface area contributed by atoms with Gasteiger partial charge in [0, 0.05) is 7.11 Å². The Morgan fingerprint density at radius 1 is 1.68 bits per heavy atom. The number of aliphatic carboxylic acids is 1. The van der Waals surface area contributed by atoms with E-state index in [1.165, 1.54) is 0 Å². The van der Waals surface area contributed by atoms with E-state index in [1.54, 1.807) is 18.0 Å². The molecule has 1 aliphatic heterocycles. The number of carboxylic acids is 1. The van der Waals surface area contributed by atoms with Gasteiger partial charge in [-0.25, -0.2) is 0 Å². The molecule has 2 rings (SSSR count). The van der Waals surface area contributed by atoms with Gasteiger partial charge >= 0.3 is 5.97 Å². The second-order valence-corrected chi connectivity index (χ2v) is 5.04. The number of halogens is 1. The topological polar surface area (TPSA) is 76.4 Å². The van der Waals surface area contributed by atoms with E-state index in [9.17, 15) is 4.79 Å². The van der Waals surface area contributed by atoms with Gasteiger partial charge in [0.15, 0.2) is 0 Å². The van der Waals surface area contributed by atoms with E-state index in [4.69, 9.17) is 21.4 Å². The van der Waals surface area contributed by atoms with Crippen molar-refractivity contribution < 1.29 is 14.6 Å². The van der Waals surface area contributed by atoms with Crippen LogP contribution in [-0.4, -0.2) is 40.6 Å². The molecular formula is C12H18ClN3O3. The minimum atomic E-state index is -0.816. The van der Waals surface area contributed by atoms with E-state index in [0.717, 1.165) is 18.5 Å². The number of nitrogens with zero attached hydrogens (tertiary/aromatic N) is 2. The van der Waals surface area contributed by atoms with Gasteiger partial charge in [0.1, 0.15) is 6.04 Å². The number of ether oxygens (including phenoxy) is 1. The fraction of sp³-hybridized carbons (Fsp3) is 0.667. The van der Waals surface area contributed by atoms with Gasteiger partial charge in [-0.05, 0) is 19.3 Å². The average Bonchev–Trinajstić information content (AvgIpc) is 2.77. The van der Waals surface area contributed by atoms with Crippen molar-refractivity contribution in [3.63, 3.8) is 0 Å². The lowest BCUT2D eigenvalue weighted by Gasteiger charge is -2.29. The van der Waals surface area contributed by atoms with Crippen LogP contribution in [0.15, 0.2) is 6.20 Å². The van der Waals surface area contributed by atoms with Crippen molar-refractivity contribution in [1.82, 2.24) is 15.1 Å². The first-order valence-electron chi connectivity index (χ1n) is 6.32. The predicted octanol–water partition coefficient (Wildman–Crippen LogP) is 1.45. The minimum Gasteiger partial charge on any atom is -0.480 e. The van der Waals surface area contributed by atoms with E-state index in [1.807, 2.05) is 0 Å². The van der Waals surface area contributed by atoms with Crippen LogP contribution in [0.1, 0.15) is 31.0 Å². The zero-order valence-corrected chi connectivity index (χ0v) is 11.6. The monoisotopic (exact) mass is 287 g/mol. The molecule has 1 saturated heterocycles. The lowest BCUT2D eigenvalue weighted by molar-refractivity contribution is -0.140. The Hall–Kier alpha value is -1.11. The summed E-state index contributed by atoms with van der Waals surface area (Å²) in [5.74, 6) is -0.816. The highest BCUT2D eigenvalue weighted by Gasteiger charge is 2.30. The molecule has 2 heterocycles. The first kappa shape index (κ1) is 14.3. The molecule has 2 N–H and O–H groups in total. The van der Waals surface area contributed by atoms with Crippen LogP contribution in [0, 0.1) is 0 Å². The smallest absolute Gasteiger partial charge is 0.320 e. The standard InChI is InChI=1S/C12H18ClN3O3/c1-19-6-5-16-11(8(13)7-14-16)9-3-2-4-10(15-9)12(17)18/h7,9-10,15H,2-6H2,1H3,(H,17,18). The zero-order valence-electron chi connectivity index (χ0n) is 10.8. The van der Waals surface area contributed by atoms with Crippen LogP contribution in [0.3, 0.4) is 0 Å². The highest BCUT2D eigenvalue weighted by molar-refractivity contribution is 6.31. The molecule has 1 aliphatic rings. The predicted molar refractivity (Wildman–Crippen MR) is 70.3 cm³/mol. The fourth-order valence-corrected chi connectivity index (χ4v) is 2.69. The minimum absolute atomic E-state index is 0.0679. The summed E-state index contributed by atoms with van der Waals surface area (Å²) in [5, 5.41) is 17.0. The van der Waals surface area contributed by atoms with Gasteiger partial charge in [0.25, 0.3) is 0 Å². The summed E-state index contributed by atoms with van der Waals surface area (Å²) >= 11 is 6.17. The van der Waals surface area contributed by atoms with Crippen LogP contribution >= 0.6 is 11.6 Å². The van der Waals surface area contributed by atoms with Crippen molar-refractivity contribution in [2.75, 3.05) is 13.7 Å². The molecule has 19 heavy (non-hydrogen) atoms. The molecule has 7 heteroatoms. The van der Waals surface area contributed by atoms with Crippen LogP contribution in [0.2, 0.25) is 5.02 Å². The summed E-state index contributed by atoms with van der Waals surface area (Å²) in [6.45, 7) is 1.15. The average molecular weight is 288 g/mol. The maximum Gasteiger partial charge on any atom is 0.320 e. The number of hydrogen-bond acceptors (Lipinski definition) is 4. The molecule has 0 radical (unpaired) electrons. The Bertz CT molecular complexity index is 449. The third-order valence-electron chi connectivity index (χ3n) is 3.36. The van der Waals surface area contributed by atoms with Gasteiger partial charge in [-0.2, -0.15) is 5.10 Å². The van der Waals surface area contributed by atoms with E-state index in [-0.39, 0.29) is 6.04 Å². The van der Waals surface area contributed by atoms with Crippen molar-refractivity contribution in [3.8, 4) is 0 Å². The van der Waals surface area contributed by atoms with Crippen molar-refractivity contribution in [2.24, 2.45) is 0 Å². The number of aromatic nitrogens is 2. The summed E-state index contributed by atoms with van der Waals surface area (Å²) in [6, 6.07) is -0.581. The fourth-order valence-electron chi connectivity index (χ4n) is 2.42. The summed E-state index contributed by atoms with van der Waals surface area (Å²) in [4.78, 5) is 11.1. The van der Waals surface area contributed by atoms with E-state index in [2.05, 4.69) is 10.4 Å². The molecule has 0 saturated carbocycles. The van der Waals surface area contributed by atoms with Crippen LogP contribution in [0.5, 0.6) is 0 Å². The van der Waals surface area contributed by atoms with Crippen LogP contribution < -0.4 is 5.32 Å². The summed E-state index contributed by atoms with van der Waals surface area (Å²) in [6.07, 6.45) is 3.97. The van der Waals surface area contributed by atoms with Gasteiger partial charge in [-0.3, -0.25) is 14.8 Å². The maximum absolute atomic E-state index is 11.1. The molecule has 0 spiro atoms. The normalized spacial score (nSPS) is 23.5. The number of hydrogen-bond donors (Lipinski definition) is 2. The van der Waals surface area contributed by atoms with Crippen molar-refractivity contribution in [2.45, 2.75) is 37.9 Å². The van der Waals surface area contributed by atoms with Gasteiger partial charge in [0.2, 0.25) is 0 Å². The lowest BCUT2D eigenvalue weighted by atomic mass is 9.96. The molecule has 0 aliphatic carbocycles. The maximum atomic E-state index is 11.1. The lowest BCUT2D eigenvalue weighted by Crippen LogP contribution is -2.43. The Labute approximate surface area is 116 Å². The molecule has 2 unspecified atom stereocenters. The second-order valence-electron chi connectivity index (χ2n) is 4.63. The van der Waals surface area contributed by atoms with E-state index >= 15 is 0 Å². The molecule has 0 aromatic carbocycles. The van der Waals surface area contributed by atoms with Gasteiger partial charge in [0.05, 0.1) is 36.1 Å². The van der Waals surface area contributed by atoms with Crippen LogP contribution in [-0.2, 0) is 16.1 Å². The zero-order chi connectivity index (χ0) is 13.8. The molecule has 0 amide bonds. The number of nitrogens with one attached hydrogen (secondary N) is 1. The highest BCUT2D eigenvalue weighted by atomic mass is 35.5. The first-order valence-corrected chi connectivity index (χ1v) is 6.70. The first-order chi connectivity index (χ1) is 9.13. The molecule has 2 atom stereocenters. The Morgan fingerprint density at radius 3 is 3.16 bits per heavy atom. The van der Waals surface area contributed by atoms with Crippen LogP contribution in [0.4, 0.5) is 0 Å². The number of carboxylic acid groups (broad SMARTS) is 1. The number of piperidine rings is 1. The Balaban J connectivity index is 2.15. The van der Waals surface area contributed by atoms with Crippen molar-refractivity contribution >= 4 is 17.6 Å². The van der Waals surface area contributed by atoms with Gasteiger partial charge < -0.3 is 9.84 Å². The number of carbonyl (C=O) groups is 1. The highest BCUT2D eigenvalue weighted by Crippen LogP contribution is 2.30. The number of methoxy groups -OCH3 is 1. The summed E-state index contributed by atoms with van der Waals surface area (Å²) in [5.41, 5.74) is 0.852. The SMILES string of the molecule is COCCn1ncc(Cl)c1C1CCCC(C(=O)O)N1. The quantitative estimate of drug-likeness (QED) is 0.857. The molecule has 0 bridgehead atoms. The number of rotatable bonds is 5. The molecule has 1 aromatic rings. The Morgan fingerprint density at radius 2 is 2.47 bits per heavy atom. The largest absolute Gasteiger partial charge is 0.480 e. The molecule has 106 valence electrons.